The Bertz CT molecular complexity index is 992. The van der Waals surface area contributed by atoms with Crippen LogP contribution in [0.2, 0.25) is 0 Å². The number of nitrogens with two attached hydrogens (primary N) is 1. The molecule has 8 heteroatoms. The summed E-state index contributed by atoms with van der Waals surface area (Å²) in [6, 6.07) is 9.80. The molecule has 4 N–H and O–H groups in total. The van der Waals surface area contributed by atoms with Crippen LogP contribution in [0.3, 0.4) is 0 Å². The highest BCUT2D eigenvalue weighted by Crippen LogP contribution is 2.32. The number of benzene rings is 2. The van der Waals surface area contributed by atoms with Crippen molar-refractivity contribution in [2.45, 2.75) is 37.8 Å². The minimum absolute atomic E-state index is 0.0659. The maximum atomic E-state index is 13.2. The Morgan fingerprint density at radius 3 is 2.50 bits per heavy atom. The summed E-state index contributed by atoms with van der Waals surface area (Å²) in [7, 11) is 0. The van der Waals surface area contributed by atoms with Crippen LogP contribution >= 0.6 is 0 Å². The molecule has 0 radical (unpaired) electrons. The maximum absolute atomic E-state index is 13.2. The number of hydrogen-bond acceptors (Lipinski definition) is 4. The molecule has 1 heterocycles. The summed E-state index contributed by atoms with van der Waals surface area (Å²) >= 11 is 0. The molecule has 1 saturated carbocycles. The molecular formula is C22H23FN4O3. The summed E-state index contributed by atoms with van der Waals surface area (Å²) in [5.41, 5.74) is 7.62. The Kier molecular flexibility index (Phi) is 5.50. The molecule has 7 nitrogen and oxygen atoms in total. The predicted octanol–water partition coefficient (Wildman–Crippen LogP) is 2.42. The minimum Gasteiger partial charge on any atom is -0.348 e. The molecular weight excluding hydrogens is 387 g/mol. The highest BCUT2D eigenvalue weighted by atomic mass is 19.1. The fraction of sp³-hybridized carbons (Fsp3) is 0.318. The Morgan fingerprint density at radius 1 is 1.07 bits per heavy atom. The van der Waals surface area contributed by atoms with E-state index in [2.05, 4.69) is 10.6 Å². The summed E-state index contributed by atoms with van der Waals surface area (Å²) in [6.45, 7) is -0.161. The quantitative estimate of drug-likeness (QED) is 0.723. The Hall–Kier alpha value is -3.26. The van der Waals surface area contributed by atoms with E-state index in [4.69, 9.17) is 5.73 Å². The molecule has 2 unspecified atom stereocenters. The van der Waals surface area contributed by atoms with Crippen LogP contribution < -0.4 is 21.3 Å². The van der Waals surface area contributed by atoms with Gasteiger partial charge in [-0.1, -0.05) is 12.8 Å². The van der Waals surface area contributed by atoms with Crippen LogP contribution in [0.1, 0.15) is 46.4 Å². The molecule has 0 bridgehead atoms. The molecule has 1 fully saturated rings. The van der Waals surface area contributed by atoms with Gasteiger partial charge in [-0.25, -0.2) is 4.39 Å². The second-order valence-electron chi connectivity index (χ2n) is 7.71. The lowest BCUT2D eigenvalue weighted by molar-refractivity contribution is -0.115. The molecule has 3 amide bonds. The standard InChI is InChI=1S/C22H23FN4O3/c23-15-8-5-13(6-9-15)22(30)27-12-20(28)25-18-11-14(7-10-19(18)27)21(29)26-17-4-2-1-3-16(17)24/h5-11,16-17H,1-4,12,24H2,(H,25,28)(H,26,29). The Labute approximate surface area is 173 Å². The van der Waals surface area contributed by atoms with E-state index in [1.54, 1.807) is 18.2 Å². The van der Waals surface area contributed by atoms with E-state index >= 15 is 0 Å². The number of carbonyl (C=O) groups is 3. The normalized spacial score (nSPS) is 20.9. The molecule has 1 aliphatic carbocycles. The van der Waals surface area contributed by atoms with Crippen molar-refractivity contribution in [3.63, 3.8) is 0 Å². The van der Waals surface area contributed by atoms with E-state index in [0.717, 1.165) is 25.7 Å². The number of fused-ring (bicyclic) bond motifs is 1. The zero-order chi connectivity index (χ0) is 21.3. The van der Waals surface area contributed by atoms with Crippen LogP contribution in [0.15, 0.2) is 42.5 Å². The lowest BCUT2D eigenvalue weighted by Crippen LogP contribution is -2.49. The van der Waals surface area contributed by atoms with E-state index in [1.807, 2.05) is 0 Å². The van der Waals surface area contributed by atoms with Gasteiger partial charge < -0.3 is 16.4 Å². The van der Waals surface area contributed by atoms with Gasteiger partial charge in [-0.15, -0.1) is 0 Å². The van der Waals surface area contributed by atoms with Crippen molar-refractivity contribution in [3.05, 3.63) is 59.4 Å². The van der Waals surface area contributed by atoms with Crippen LogP contribution in [-0.4, -0.2) is 36.3 Å². The van der Waals surface area contributed by atoms with Crippen LogP contribution in [-0.2, 0) is 4.79 Å². The molecule has 156 valence electrons. The van der Waals surface area contributed by atoms with Crippen LogP contribution in [0.25, 0.3) is 0 Å². The van der Waals surface area contributed by atoms with E-state index < -0.39 is 11.7 Å². The molecule has 4 rings (SSSR count). The number of nitrogens with one attached hydrogen (secondary N) is 2. The van der Waals surface area contributed by atoms with Crippen molar-refractivity contribution in [2.24, 2.45) is 5.73 Å². The third kappa shape index (κ3) is 4.04. The topological polar surface area (TPSA) is 105 Å². The summed E-state index contributed by atoms with van der Waals surface area (Å²) in [4.78, 5) is 39.1. The lowest BCUT2D eigenvalue weighted by Gasteiger charge is -2.31. The molecule has 0 aromatic heterocycles. The van der Waals surface area contributed by atoms with Gasteiger partial charge in [-0.05, 0) is 55.3 Å². The first-order valence-corrected chi connectivity index (χ1v) is 10.00. The first-order valence-electron chi connectivity index (χ1n) is 10.00. The van der Waals surface area contributed by atoms with Gasteiger partial charge in [0.15, 0.2) is 0 Å². The lowest BCUT2D eigenvalue weighted by atomic mass is 9.91. The second-order valence-corrected chi connectivity index (χ2v) is 7.71. The van der Waals surface area contributed by atoms with Gasteiger partial charge in [0.05, 0.1) is 11.4 Å². The molecule has 30 heavy (non-hydrogen) atoms. The summed E-state index contributed by atoms with van der Waals surface area (Å²) in [5.74, 6) is -1.51. The molecule has 2 aliphatic rings. The van der Waals surface area contributed by atoms with Crippen molar-refractivity contribution < 1.29 is 18.8 Å². The number of amides is 3. The molecule has 2 aromatic rings. The third-order valence-electron chi connectivity index (χ3n) is 5.60. The highest BCUT2D eigenvalue weighted by Gasteiger charge is 2.29. The number of anilines is 2. The molecule has 1 aliphatic heterocycles. The fourth-order valence-corrected chi connectivity index (χ4v) is 3.95. The van der Waals surface area contributed by atoms with Crippen molar-refractivity contribution in [1.82, 2.24) is 5.32 Å². The number of hydrogen-bond donors (Lipinski definition) is 3. The van der Waals surface area contributed by atoms with Gasteiger partial charge in [-0.3, -0.25) is 19.3 Å². The van der Waals surface area contributed by atoms with Crippen LogP contribution in [0.5, 0.6) is 0 Å². The van der Waals surface area contributed by atoms with Crippen LogP contribution in [0.4, 0.5) is 15.8 Å². The summed E-state index contributed by atoms with van der Waals surface area (Å²) < 4.78 is 13.2. The van der Waals surface area contributed by atoms with Gasteiger partial charge >= 0.3 is 0 Å². The number of rotatable bonds is 3. The largest absolute Gasteiger partial charge is 0.348 e. The van der Waals surface area contributed by atoms with Gasteiger partial charge in [0.25, 0.3) is 11.8 Å². The average Bonchev–Trinajstić information content (AvgIpc) is 2.74. The van der Waals surface area contributed by atoms with E-state index in [1.165, 1.54) is 29.2 Å². The van der Waals surface area contributed by atoms with E-state index in [0.29, 0.717) is 16.9 Å². The maximum Gasteiger partial charge on any atom is 0.258 e. The zero-order valence-corrected chi connectivity index (χ0v) is 16.4. The molecule has 2 aromatic carbocycles. The van der Waals surface area contributed by atoms with Gasteiger partial charge in [0.2, 0.25) is 5.91 Å². The Morgan fingerprint density at radius 2 is 1.77 bits per heavy atom. The number of nitrogens with zero attached hydrogens (tertiary/aromatic N) is 1. The van der Waals surface area contributed by atoms with Crippen molar-refractivity contribution in [2.75, 3.05) is 16.8 Å². The monoisotopic (exact) mass is 410 g/mol. The predicted molar refractivity (Wildman–Crippen MR) is 111 cm³/mol. The smallest absolute Gasteiger partial charge is 0.258 e. The van der Waals surface area contributed by atoms with E-state index in [-0.39, 0.29) is 36.0 Å². The van der Waals surface area contributed by atoms with Crippen molar-refractivity contribution in [1.29, 1.82) is 0 Å². The number of carbonyl (C=O) groups excluding carboxylic acids is 3. The van der Waals surface area contributed by atoms with Crippen LogP contribution in [0, 0.1) is 5.82 Å². The minimum atomic E-state index is -0.448. The first-order chi connectivity index (χ1) is 14.4. The van der Waals surface area contributed by atoms with Gasteiger partial charge in [0.1, 0.15) is 12.4 Å². The number of halogens is 1. The SMILES string of the molecule is NC1CCCCC1NC(=O)c1ccc2c(c1)NC(=O)CN2C(=O)c1ccc(F)cc1. The summed E-state index contributed by atoms with van der Waals surface area (Å²) in [6.07, 6.45) is 3.82. The average molecular weight is 410 g/mol. The first kappa shape index (κ1) is 20.0. The van der Waals surface area contributed by atoms with Gasteiger partial charge in [0, 0.05) is 23.2 Å². The van der Waals surface area contributed by atoms with Gasteiger partial charge in [-0.2, -0.15) is 0 Å². The summed E-state index contributed by atoms with van der Waals surface area (Å²) in [5, 5.41) is 5.69. The molecule has 2 atom stereocenters. The second kappa shape index (κ2) is 8.23. The highest BCUT2D eigenvalue weighted by molar-refractivity contribution is 6.15. The van der Waals surface area contributed by atoms with E-state index in [9.17, 15) is 18.8 Å². The molecule has 0 saturated heterocycles. The van der Waals surface area contributed by atoms with Crippen molar-refractivity contribution >= 4 is 29.1 Å². The molecule has 0 spiro atoms. The fourth-order valence-electron chi connectivity index (χ4n) is 3.95. The van der Waals surface area contributed by atoms with Crippen molar-refractivity contribution in [3.8, 4) is 0 Å². The third-order valence-corrected chi connectivity index (χ3v) is 5.60. The Balaban J connectivity index is 1.57. The zero-order valence-electron chi connectivity index (χ0n) is 16.4.